The molecule has 0 amide bonds. The van der Waals surface area contributed by atoms with Gasteiger partial charge in [0.15, 0.2) is 0 Å². The zero-order valence-corrected chi connectivity index (χ0v) is 11.1. The van der Waals surface area contributed by atoms with Crippen LogP contribution in [0.1, 0.15) is 24.4 Å². The lowest BCUT2D eigenvalue weighted by atomic mass is 9.87. The maximum absolute atomic E-state index is 6.25. The zero-order chi connectivity index (χ0) is 11.5. The Morgan fingerprint density at radius 2 is 1.94 bits per heavy atom. The molecule has 17 heavy (non-hydrogen) atoms. The first kappa shape index (κ1) is 14.6. The number of nitrogen functional groups attached to an aromatic ring is 1. The lowest BCUT2D eigenvalue weighted by molar-refractivity contribution is 0.0584. The molecule has 1 saturated heterocycles. The third-order valence-corrected chi connectivity index (χ3v) is 3.42. The van der Waals surface area contributed by atoms with Gasteiger partial charge in [-0.2, -0.15) is 0 Å². The lowest BCUT2D eigenvalue weighted by Gasteiger charge is -2.28. The standard InChI is InChI=1S/C12H17ClN2O.ClH/c13-9-1-2-11(14)10(7-9)12(15)8-3-5-16-6-4-8;/h1-2,7-8,12H,3-6,14-15H2;1H/t12-;/m1./s1. The van der Waals surface area contributed by atoms with Gasteiger partial charge in [0.1, 0.15) is 0 Å². The summed E-state index contributed by atoms with van der Waals surface area (Å²) in [6, 6.07) is 5.44. The highest BCUT2D eigenvalue weighted by Gasteiger charge is 2.23. The van der Waals surface area contributed by atoms with E-state index in [2.05, 4.69) is 0 Å². The fourth-order valence-corrected chi connectivity index (χ4v) is 2.34. The smallest absolute Gasteiger partial charge is 0.0469 e. The quantitative estimate of drug-likeness (QED) is 0.817. The number of hydrogen-bond acceptors (Lipinski definition) is 3. The molecule has 0 spiro atoms. The van der Waals surface area contributed by atoms with Crippen LogP contribution < -0.4 is 11.5 Å². The Morgan fingerprint density at radius 3 is 2.59 bits per heavy atom. The predicted octanol–water partition coefficient (Wildman–Crippen LogP) is 2.77. The molecule has 3 nitrogen and oxygen atoms in total. The molecule has 5 heteroatoms. The van der Waals surface area contributed by atoms with E-state index in [1.54, 1.807) is 6.07 Å². The molecule has 0 radical (unpaired) electrons. The van der Waals surface area contributed by atoms with E-state index in [0.717, 1.165) is 37.3 Å². The van der Waals surface area contributed by atoms with Crippen LogP contribution in [0.5, 0.6) is 0 Å². The first-order valence-electron chi connectivity index (χ1n) is 5.56. The van der Waals surface area contributed by atoms with Crippen molar-refractivity contribution in [2.24, 2.45) is 11.7 Å². The number of hydrogen-bond donors (Lipinski definition) is 2. The van der Waals surface area contributed by atoms with E-state index in [4.69, 9.17) is 27.8 Å². The summed E-state index contributed by atoms with van der Waals surface area (Å²) in [5, 5.41) is 0.687. The largest absolute Gasteiger partial charge is 0.398 e. The molecular formula is C12H18Cl2N2O. The van der Waals surface area contributed by atoms with Crippen molar-refractivity contribution in [3.63, 3.8) is 0 Å². The average molecular weight is 277 g/mol. The molecule has 96 valence electrons. The van der Waals surface area contributed by atoms with Crippen molar-refractivity contribution in [1.29, 1.82) is 0 Å². The number of halogens is 2. The Hall–Kier alpha value is -0.480. The molecule has 1 fully saturated rings. The van der Waals surface area contributed by atoms with Crippen LogP contribution in [-0.4, -0.2) is 13.2 Å². The van der Waals surface area contributed by atoms with Crippen LogP contribution in [0.25, 0.3) is 0 Å². The van der Waals surface area contributed by atoms with Gasteiger partial charge in [-0.1, -0.05) is 11.6 Å². The summed E-state index contributed by atoms with van der Waals surface area (Å²) >= 11 is 5.96. The second kappa shape index (κ2) is 6.45. The van der Waals surface area contributed by atoms with Crippen molar-refractivity contribution in [1.82, 2.24) is 0 Å². The van der Waals surface area contributed by atoms with Crippen LogP contribution in [-0.2, 0) is 4.74 Å². The Kier molecular flexibility index (Phi) is 5.53. The van der Waals surface area contributed by atoms with Crippen molar-refractivity contribution in [3.8, 4) is 0 Å². The molecule has 1 aromatic rings. The summed E-state index contributed by atoms with van der Waals surface area (Å²) in [6.45, 7) is 1.58. The van der Waals surface area contributed by atoms with Crippen molar-refractivity contribution < 1.29 is 4.74 Å². The van der Waals surface area contributed by atoms with Crippen molar-refractivity contribution in [3.05, 3.63) is 28.8 Å². The first-order valence-corrected chi connectivity index (χ1v) is 5.94. The van der Waals surface area contributed by atoms with Crippen LogP contribution in [0.15, 0.2) is 18.2 Å². The topological polar surface area (TPSA) is 61.3 Å². The van der Waals surface area contributed by atoms with Gasteiger partial charge in [0.25, 0.3) is 0 Å². The lowest BCUT2D eigenvalue weighted by Crippen LogP contribution is -2.28. The first-order chi connectivity index (χ1) is 7.68. The normalized spacial score (nSPS) is 18.5. The van der Waals surface area contributed by atoms with Crippen LogP contribution in [0, 0.1) is 5.92 Å². The third kappa shape index (κ3) is 3.49. The molecule has 1 heterocycles. The zero-order valence-electron chi connectivity index (χ0n) is 9.56. The number of nitrogens with two attached hydrogens (primary N) is 2. The summed E-state index contributed by atoms with van der Waals surface area (Å²) in [6.07, 6.45) is 1.99. The number of anilines is 1. The van der Waals surface area contributed by atoms with E-state index in [1.807, 2.05) is 12.1 Å². The molecule has 1 atom stereocenters. The summed E-state index contributed by atoms with van der Waals surface area (Å²) in [7, 11) is 0. The van der Waals surface area contributed by atoms with Crippen LogP contribution in [0.2, 0.25) is 5.02 Å². The van der Waals surface area contributed by atoms with Gasteiger partial charge < -0.3 is 16.2 Å². The van der Waals surface area contributed by atoms with E-state index >= 15 is 0 Å². The van der Waals surface area contributed by atoms with Gasteiger partial charge in [0.05, 0.1) is 0 Å². The monoisotopic (exact) mass is 276 g/mol. The molecule has 0 aromatic heterocycles. The van der Waals surface area contributed by atoms with Gasteiger partial charge in [-0.15, -0.1) is 12.4 Å². The van der Waals surface area contributed by atoms with E-state index in [0.29, 0.717) is 10.9 Å². The summed E-state index contributed by atoms with van der Waals surface area (Å²) in [5.74, 6) is 0.439. The molecule has 1 aliphatic heterocycles. The Bertz CT molecular complexity index is 368. The highest BCUT2D eigenvalue weighted by Crippen LogP contribution is 2.32. The van der Waals surface area contributed by atoms with Crippen LogP contribution in [0.3, 0.4) is 0 Å². The van der Waals surface area contributed by atoms with Gasteiger partial charge in [0, 0.05) is 30.0 Å². The number of benzene rings is 1. The van der Waals surface area contributed by atoms with E-state index in [1.165, 1.54) is 0 Å². The molecule has 4 N–H and O–H groups in total. The fourth-order valence-electron chi connectivity index (χ4n) is 2.16. The van der Waals surface area contributed by atoms with Gasteiger partial charge >= 0.3 is 0 Å². The Balaban J connectivity index is 0.00000144. The SMILES string of the molecule is Cl.Nc1ccc(Cl)cc1[C@H](N)C1CCOCC1. The second-order valence-electron chi connectivity index (χ2n) is 4.25. The fraction of sp³-hybridized carbons (Fsp3) is 0.500. The summed E-state index contributed by atoms with van der Waals surface area (Å²) in [5.41, 5.74) is 13.9. The minimum Gasteiger partial charge on any atom is -0.398 e. The van der Waals surface area contributed by atoms with Crippen LogP contribution in [0.4, 0.5) is 5.69 Å². The molecule has 0 aliphatic carbocycles. The minimum absolute atomic E-state index is 0. The van der Waals surface area contributed by atoms with Crippen molar-refractivity contribution in [2.45, 2.75) is 18.9 Å². The average Bonchev–Trinajstić information content (AvgIpc) is 2.32. The van der Waals surface area contributed by atoms with Crippen LogP contribution >= 0.6 is 24.0 Å². The van der Waals surface area contributed by atoms with Gasteiger partial charge in [-0.3, -0.25) is 0 Å². The van der Waals surface area contributed by atoms with Gasteiger partial charge in [0.2, 0.25) is 0 Å². The van der Waals surface area contributed by atoms with E-state index in [9.17, 15) is 0 Å². The summed E-state index contributed by atoms with van der Waals surface area (Å²) < 4.78 is 5.33. The maximum atomic E-state index is 6.25. The number of rotatable bonds is 2. The third-order valence-electron chi connectivity index (χ3n) is 3.18. The molecule has 0 unspecified atom stereocenters. The highest BCUT2D eigenvalue weighted by molar-refractivity contribution is 6.30. The van der Waals surface area contributed by atoms with E-state index < -0.39 is 0 Å². The van der Waals surface area contributed by atoms with Gasteiger partial charge in [-0.25, -0.2) is 0 Å². The van der Waals surface area contributed by atoms with Crippen molar-refractivity contribution >= 4 is 29.7 Å². The molecule has 1 aliphatic rings. The molecule has 0 bridgehead atoms. The van der Waals surface area contributed by atoms with Crippen molar-refractivity contribution in [2.75, 3.05) is 18.9 Å². The second-order valence-corrected chi connectivity index (χ2v) is 4.69. The molecule has 0 saturated carbocycles. The molecule has 2 rings (SSSR count). The maximum Gasteiger partial charge on any atom is 0.0469 e. The highest BCUT2D eigenvalue weighted by atomic mass is 35.5. The molecular weight excluding hydrogens is 259 g/mol. The van der Waals surface area contributed by atoms with Gasteiger partial charge in [-0.05, 0) is 42.5 Å². The minimum atomic E-state index is -0.0393. The molecule has 1 aromatic carbocycles. The predicted molar refractivity (Wildman–Crippen MR) is 73.6 cm³/mol. The Labute approximate surface area is 113 Å². The number of ether oxygens (including phenoxy) is 1. The van der Waals surface area contributed by atoms with E-state index in [-0.39, 0.29) is 18.4 Å². The Morgan fingerprint density at radius 1 is 1.29 bits per heavy atom. The summed E-state index contributed by atoms with van der Waals surface area (Å²) in [4.78, 5) is 0.